The monoisotopic (exact) mass is 395 g/mol. The molecule has 1 N–H and O–H groups in total. The lowest BCUT2D eigenvalue weighted by atomic mass is 10.1. The van der Waals surface area contributed by atoms with E-state index in [0.29, 0.717) is 18.0 Å². The second kappa shape index (κ2) is 7.40. The van der Waals surface area contributed by atoms with Crippen molar-refractivity contribution >= 4 is 64.1 Å². The predicted octanol–water partition coefficient (Wildman–Crippen LogP) is 4.12. The van der Waals surface area contributed by atoms with E-state index in [4.69, 9.17) is 51.8 Å². The molecule has 2 unspecified atom stereocenters. The topological polar surface area (TPSA) is 44.8 Å². The molecule has 2 atom stereocenters. The summed E-state index contributed by atoms with van der Waals surface area (Å²) in [5, 5.41) is 2.53. The minimum atomic E-state index is -1.91. The highest BCUT2D eigenvalue weighted by atomic mass is 35.6. The van der Waals surface area contributed by atoms with Gasteiger partial charge in [0.25, 0.3) is 3.92 Å². The first-order valence-electron chi connectivity index (χ1n) is 6.94. The Labute approximate surface area is 155 Å². The van der Waals surface area contributed by atoms with Crippen LogP contribution in [0.15, 0.2) is 24.3 Å². The first-order chi connectivity index (χ1) is 10.8. The molecule has 1 aromatic rings. The largest absolute Gasteiger partial charge is 0.494 e. The SMILES string of the molecule is CCOc1ccc(N2C(=O)N(C(Cl)(Cl)Cl)NC2C(C)C=S)cc1. The molecule has 9 heteroatoms. The quantitative estimate of drug-likeness (QED) is 0.462. The molecule has 1 aliphatic heterocycles. The van der Waals surface area contributed by atoms with E-state index in [1.807, 2.05) is 13.8 Å². The third-order valence-corrected chi connectivity index (χ3v) is 4.27. The van der Waals surface area contributed by atoms with Crippen LogP contribution < -0.4 is 15.1 Å². The second-order valence-electron chi connectivity index (χ2n) is 4.95. The van der Waals surface area contributed by atoms with Crippen molar-refractivity contribution in [3.63, 3.8) is 0 Å². The number of urea groups is 1. The zero-order valence-corrected chi connectivity index (χ0v) is 15.6. The molecule has 2 amide bonds. The first-order valence-corrected chi connectivity index (χ1v) is 8.54. The number of carbonyl (C=O) groups excluding carboxylic acids is 1. The fourth-order valence-electron chi connectivity index (χ4n) is 2.22. The van der Waals surface area contributed by atoms with Crippen LogP contribution in [-0.2, 0) is 0 Å². The van der Waals surface area contributed by atoms with Crippen LogP contribution in [0.25, 0.3) is 0 Å². The summed E-state index contributed by atoms with van der Waals surface area (Å²) in [7, 11) is 0. The number of hydrogen-bond acceptors (Lipinski definition) is 4. The molecule has 1 fully saturated rings. The summed E-state index contributed by atoms with van der Waals surface area (Å²) in [4.78, 5) is 14.2. The van der Waals surface area contributed by atoms with Crippen LogP contribution in [0.4, 0.5) is 10.5 Å². The number of hydrazine groups is 1. The average molecular weight is 397 g/mol. The molecular formula is C14H16Cl3N3O2S. The third-order valence-electron chi connectivity index (χ3n) is 3.33. The highest BCUT2D eigenvalue weighted by Crippen LogP contribution is 2.36. The lowest BCUT2D eigenvalue weighted by Gasteiger charge is -2.25. The molecule has 1 aliphatic rings. The van der Waals surface area contributed by atoms with Crippen LogP contribution in [0.3, 0.4) is 0 Å². The fraction of sp³-hybridized carbons (Fsp3) is 0.429. The molecule has 23 heavy (non-hydrogen) atoms. The molecule has 0 radical (unpaired) electrons. The normalized spacial score (nSPS) is 19.9. The van der Waals surface area contributed by atoms with E-state index < -0.39 is 16.1 Å². The maximum Gasteiger partial charge on any atom is 0.343 e. The first kappa shape index (κ1) is 18.5. The van der Waals surface area contributed by atoms with Gasteiger partial charge in [-0.3, -0.25) is 4.90 Å². The highest BCUT2D eigenvalue weighted by molar-refractivity contribution is 7.79. The minimum Gasteiger partial charge on any atom is -0.494 e. The molecule has 1 aromatic carbocycles. The van der Waals surface area contributed by atoms with Crippen LogP contribution in [0.2, 0.25) is 0 Å². The Morgan fingerprint density at radius 2 is 2.00 bits per heavy atom. The number of benzene rings is 1. The van der Waals surface area contributed by atoms with Crippen LogP contribution in [0.1, 0.15) is 13.8 Å². The Morgan fingerprint density at radius 3 is 2.48 bits per heavy atom. The summed E-state index contributed by atoms with van der Waals surface area (Å²) in [6.07, 6.45) is -0.450. The van der Waals surface area contributed by atoms with Crippen LogP contribution in [-0.4, -0.2) is 33.1 Å². The maximum atomic E-state index is 12.7. The van der Waals surface area contributed by atoms with Gasteiger partial charge in [-0.2, -0.15) is 0 Å². The van der Waals surface area contributed by atoms with Gasteiger partial charge < -0.3 is 4.74 Å². The van der Waals surface area contributed by atoms with E-state index in [-0.39, 0.29) is 5.92 Å². The van der Waals surface area contributed by atoms with Crippen molar-refractivity contribution in [1.82, 2.24) is 10.4 Å². The Bertz CT molecular complexity index is 580. The summed E-state index contributed by atoms with van der Waals surface area (Å²) in [6, 6.07) is 6.64. The number of ether oxygens (including phenoxy) is 1. The molecule has 2 rings (SSSR count). The second-order valence-corrected chi connectivity index (χ2v) is 7.45. The smallest absolute Gasteiger partial charge is 0.343 e. The molecule has 0 aliphatic carbocycles. The van der Waals surface area contributed by atoms with E-state index >= 15 is 0 Å². The van der Waals surface area contributed by atoms with Gasteiger partial charge in [0, 0.05) is 11.6 Å². The number of carbonyl (C=O) groups is 1. The van der Waals surface area contributed by atoms with Gasteiger partial charge in [0.1, 0.15) is 11.9 Å². The molecule has 0 bridgehead atoms. The molecule has 1 saturated heterocycles. The van der Waals surface area contributed by atoms with E-state index in [1.165, 1.54) is 4.90 Å². The number of nitrogens with zero attached hydrogens (tertiary/aromatic N) is 2. The standard InChI is InChI=1S/C14H16Cl3N3O2S/c1-3-22-11-6-4-10(5-7-11)19-12(9(2)8-23)18-20(13(19)21)14(15,16)17/h4-9,12,18H,3H2,1-2H3. The number of alkyl halides is 3. The number of halogens is 3. The Kier molecular flexibility index (Phi) is 5.97. The number of nitrogens with one attached hydrogen (secondary N) is 1. The summed E-state index contributed by atoms with van der Waals surface area (Å²) >= 11 is 22.6. The van der Waals surface area contributed by atoms with Gasteiger partial charge >= 0.3 is 6.03 Å². The van der Waals surface area contributed by atoms with Gasteiger partial charge in [-0.05, 0) is 36.6 Å². The predicted molar refractivity (Wildman–Crippen MR) is 97.4 cm³/mol. The van der Waals surface area contributed by atoms with E-state index in [1.54, 1.807) is 29.6 Å². The number of hydrogen-bond donors (Lipinski definition) is 1. The molecule has 5 nitrogen and oxygen atoms in total. The summed E-state index contributed by atoms with van der Waals surface area (Å²) in [6.45, 7) is 4.34. The third kappa shape index (κ3) is 4.00. The average Bonchev–Trinajstić information content (AvgIpc) is 2.85. The van der Waals surface area contributed by atoms with Crippen molar-refractivity contribution in [2.45, 2.75) is 23.9 Å². The van der Waals surface area contributed by atoms with E-state index in [2.05, 4.69) is 5.43 Å². The molecule has 0 aromatic heterocycles. The van der Waals surface area contributed by atoms with Crippen molar-refractivity contribution in [2.75, 3.05) is 11.5 Å². The van der Waals surface area contributed by atoms with Crippen molar-refractivity contribution in [3.05, 3.63) is 24.3 Å². The van der Waals surface area contributed by atoms with Gasteiger partial charge in [-0.1, -0.05) is 53.9 Å². The Balaban J connectivity index is 2.35. The van der Waals surface area contributed by atoms with Crippen molar-refractivity contribution < 1.29 is 9.53 Å². The van der Waals surface area contributed by atoms with Gasteiger partial charge in [0.2, 0.25) is 0 Å². The van der Waals surface area contributed by atoms with Gasteiger partial charge in [-0.15, -0.1) is 0 Å². The highest BCUT2D eigenvalue weighted by Gasteiger charge is 2.48. The molecular weight excluding hydrogens is 381 g/mol. The molecule has 1 heterocycles. The Morgan fingerprint density at radius 1 is 1.39 bits per heavy atom. The fourth-order valence-corrected chi connectivity index (χ4v) is 2.73. The van der Waals surface area contributed by atoms with E-state index in [9.17, 15) is 4.79 Å². The van der Waals surface area contributed by atoms with Crippen LogP contribution in [0.5, 0.6) is 5.75 Å². The van der Waals surface area contributed by atoms with Gasteiger partial charge in [-0.25, -0.2) is 15.2 Å². The molecule has 0 saturated carbocycles. The van der Waals surface area contributed by atoms with Crippen LogP contribution in [0, 0.1) is 5.92 Å². The number of anilines is 1. The summed E-state index contributed by atoms with van der Waals surface area (Å²) < 4.78 is 3.50. The summed E-state index contributed by atoms with van der Waals surface area (Å²) in [5.41, 5.74) is 3.55. The van der Waals surface area contributed by atoms with Crippen molar-refractivity contribution in [2.24, 2.45) is 5.92 Å². The molecule has 0 spiro atoms. The summed E-state index contributed by atoms with van der Waals surface area (Å²) in [5.74, 6) is 0.575. The molecule has 126 valence electrons. The lowest BCUT2D eigenvalue weighted by Crippen LogP contribution is -2.46. The van der Waals surface area contributed by atoms with Gasteiger partial charge in [0.15, 0.2) is 0 Å². The van der Waals surface area contributed by atoms with E-state index in [0.717, 1.165) is 5.01 Å². The number of rotatable bonds is 5. The van der Waals surface area contributed by atoms with Crippen molar-refractivity contribution in [1.29, 1.82) is 0 Å². The van der Waals surface area contributed by atoms with Crippen molar-refractivity contribution in [3.8, 4) is 5.75 Å². The van der Waals surface area contributed by atoms with Gasteiger partial charge in [0.05, 0.1) is 6.61 Å². The minimum absolute atomic E-state index is 0.141. The zero-order valence-electron chi connectivity index (χ0n) is 12.5. The zero-order chi connectivity index (χ0) is 17.2. The van der Waals surface area contributed by atoms with Crippen LogP contribution >= 0.6 is 47.0 Å². The maximum absolute atomic E-state index is 12.7. The number of amides is 2. The lowest BCUT2D eigenvalue weighted by molar-refractivity contribution is 0.196. The Hall–Kier alpha value is -0.790. The number of thiocarbonyl (C=S) groups is 1.